The molecule has 17 heavy (non-hydrogen) atoms. The summed E-state index contributed by atoms with van der Waals surface area (Å²) < 4.78 is 0. The lowest BCUT2D eigenvalue weighted by Crippen LogP contribution is -2.30. The summed E-state index contributed by atoms with van der Waals surface area (Å²) in [6.07, 6.45) is 2.72. The quantitative estimate of drug-likeness (QED) is 0.629. The minimum absolute atomic E-state index is 0.00468. The number of aromatic nitrogens is 1. The van der Waals surface area contributed by atoms with Crippen molar-refractivity contribution < 1.29 is 9.63 Å². The van der Waals surface area contributed by atoms with E-state index in [1.807, 2.05) is 0 Å². The van der Waals surface area contributed by atoms with Crippen LogP contribution < -0.4 is 16.8 Å². The topological polar surface area (TPSA) is 97.2 Å². The van der Waals surface area contributed by atoms with Crippen LogP contribution in [0.2, 0.25) is 0 Å². The number of amides is 1. The van der Waals surface area contributed by atoms with Crippen molar-refractivity contribution in [2.45, 2.75) is 25.3 Å². The summed E-state index contributed by atoms with van der Waals surface area (Å²) in [6, 6.07) is 3.28. The molecule has 1 atom stereocenters. The Hall–Kier alpha value is -1.66. The van der Waals surface area contributed by atoms with Crippen molar-refractivity contribution in [3.63, 3.8) is 0 Å². The molecule has 2 rings (SSSR count). The summed E-state index contributed by atoms with van der Waals surface area (Å²) in [7, 11) is 0. The van der Waals surface area contributed by atoms with E-state index in [4.69, 9.17) is 10.6 Å². The highest BCUT2D eigenvalue weighted by Crippen LogP contribution is 2.27. The monoisotopic (exact) mass is 237 g/mol. The van der Waals surface area contributed by atoms with Gasteiger partial charge < -0.3 is 10.7 Å². The van der Waals surface area contributed by atoms with E-state index in [1.54, 1.807) is 6.07 Å². The molecule has 0 spiro atoms. The Morgan fingerprint density at radius 3 is 3.18 bits per heavy atom. The number of rotatable bonds is 4. The van der Waals surface area contributed by atoms with Gasteiger partial charge in [0.25, 0.3) is 0 Å². The first kappa shape index (κ1) is 11.8. The lowest BCUT2D eigenvalue weighted by molar-refractivity contribution is -0.126. The molecule has 1 amide bonds. The minimum atomic E-state index is -0.519. The first-order chi connectivity index (χ1) is 8.16. The summed E-state index contributed by atoms with van der Waals surface area (Å²) in [6.45, 7) is -0.158. The molecule has 1 unspecified atom stereocenters. The zero-order valence-corrected chi connectivity index (χ0v) is 9.36. The Morgan fingerprint density at radius 2 is 2.41 bits per heavy atom. The fourth-order valence-corrected chi connectivity index (χ4v) is 2.04. The third-order valence-corrected chi connectivity index (χ3v) is 2.77. The van der Waals surface area contributed by atoms with Gasteiger partial charge >= 0.3 is 0 Å². The molecule has 6 heteroatoms. The molecule has 1 heterocycles. The number of carbonyl (C=O) groups excluding carboxylic acids is 1. The van der Waals surface area contributed by atoms with Gasteiger partial charge in [-0.3, -0.25) is 14.4 Å². The second-order valence-corrected chi connectivity index (χ2v) is 4.07. The standard InChI is InChI=1S/C11H15N3O3/c12-10(15)6-17-14-9-3-1-2-8-7(9)4-5-11(16)13-8/h4-5,9,14H,1-3,6H2,(H2,12,15)(H,13,16). The Balaban J connectivity index is 2.06. The molecule has 0 saturated carbocycles. The highest BCUT2D eigenvalue weighted by atomic mass is 16.6. The number of hydrogen-bond donors (Lipinski definition) is 3. The second kappa shape index (κ2) is 5.11. The largest absolute Gasteiger partial charge is 0.368 e. The molecule has 4 N–H and O–H groups in total. The van der Waals surface area contributed by atoms with Gasteiger partial charge in [0.05, 0.1) is 6.04 Å². The van der Waals surface area contributed by atoms with Crippen LogP contribution in [0.3, 0.4) is 0 Å². The van der Waals surface area contributed by atoms with Crippen LogP contribution in [-0.4, -0.2) is 17.5 Å². The minimum Gasteiger partial charge on any atom is -0.368 e. The predicted octanol–water partition coefficient (Wildman–Crippen LogP) is -0.241. The summed E-state index contributed by atoms with van der Waals surface area (Å²) in [5.41, 5.74) is 9.63. The van der Waals surface area contributed by atoms with Gasteiger partial charge in [0, 0.05) is 11.8 Å². The Labute approximate surface area is 98.1 Å². The number of nitrogens with two attached hydrogens (primary N) is 1. The normalized spacial score (nSPS) is 18.7. The first-order valence-corrected chi connectivity index (χ1v) is 5.54. The third-order valence-electron chi connectivity index (χ3n) is 2.77. The van der Waals surface area contributed by atoms with E-state index in [0.717, 1.165) is 30.5 Å². The van der Waals surface area contributed by atoms with E-state index >= 15 is 0 Å². The van der Waals surface area contributed by atoms with Gasteiger partial charge in [0.2, 0.25) is 11.5 Å². The number of pyridine rings is 1. The van der Waals surface area contributed by atoms with Crippen LogP contribution in [-0.2, 0) is 16.1 Å². The maximum Gasteiger partial charge on any atom is 0.248 e. The van der Waals surface area contributed by atoms with Crippen molar-refractivity contribution in [3.8, 4) is 0 Å². The molecular weight excluding hydrogens is 222 g/mol. The summed E-state index contributed by atoms with van der Waals surface area (Å²) in [5, 5.41) is 0. The number of carbonyl (C=O) groups is 1. The molecule has 0 saturated heterocycles. The van der Waals surface area contributed by atoms with Crippen LogP contribution in [0.5, 0.6) is 0 Å². The van der Waals surface area contributed by atoms with E-state index in [2.05, 4.69) is 10.5 Å². The van der Waals surface area contributed by atoms with Crippen molar-refractivity contribution in [1.82, 2.24) is 10.5 Å². The molecule has 1 aromatic heterocycles. The maximum atomic E-state index is 11.2. The molecule has 0 aromatic carbocycles. The van der Waals surface area contributed by atoms with E-state index in [9.17, 15) is 9.59 Å². The van der Waals surface area contributed by atoms with Gasteiger partial charge in [-0.15, -0.1) is 0 Å². The third kappa shape index (κ3) is 2.92. The zero-order chi connectivity index (χ0) is 12.3. The number of hydroxylamine groups is 1. The Bertz CT molecular complexity index is 469. The highest BCUT2D eigenvalue weighted by Gasteiger charge is 2.20. The van der Waals surface area contributed by atoms with Crippen molar-refractivity contribution in [3.05, 3.63) is 33.7 Å². The van der Waals surface area contributed by atoms with Crippen LogP contribution >= 0.6 is 0 Å². The van der Waals surface area contributed by atoms with Crippen molar-refractivity contribution >= 4 is 5.91 Å². The van der Waals surface area contributed by atoms with Crippen LogP contribution in [0.25, 0.3) is 0 Å². The Morgan fingerprint density at radius 1 is 1.59 bits per heavy atom. The van der Waals surface area contributed by atoms with Gasteiger partial charge in [0.15, 0.2) is 0 Å². The average Bonchev–Trinajstić information content (AvgIpc) is 2.28. The average molecular weight is 237 g/mol. The van der Waals surface area contributed by atoms with E-state index in [0.29, 0.717) is 0 Å². The van der Waals surface area contributed by atoms with Crippen LogP contribution in [0, 0.1) is 0 Å². The number of aromatic amines is 1. The van der Waals surface area contributed by atoms with Crippen molar-refractivity contribution in [2.75, 3.05) is 6.61 Å². The van der Waals surface area contributed by atoms with E-state index in [1.165, 1.54) is 6.07 Å². The lowest BCUT2D eigenvalue weighted by atomic mass is 9.92. The molecule has 0 fully saturated rings. The number of H-pyrrole nitrogens is 1. The van der Waals surface area contributed by atoms with Crippen molar-refractivity contribution in [1.29, 1.82) is 0 Å². The lowest BCUT2D eigenvalue weighted by Gasteiger charge is -2.25. The molecule has 1 aromatic rings. The summed E-state index contributed by atoms with van der Waals surface area (Å²) in [4.78, 5) is 29.5. The van der Waals surface area contributed by atoms with E-state index < -0.39 is 5.91 Å². The summed E-state index contributed by atoms with van der Waals surface area (Å²) in [5.74, 6) is -0.519. The molecule has 1 aliphatic rings. The van der Waals surface area contributed by atoms with Crippen LogP contribution in [0.1, 0.15) is 30.1 Å². The fraction of sp³-hybridized carbons (Fsp3) is 0.455. The van der Waals surface area contributed by atoms with Gasteiger partial charge in [-0.1, -0.05) is 6.07 Å². The number of hydrogen-bond acceptors (Lipinski definition) is 4. The van der Waals surface area contributed by atoms with Gasteiger partial charge in [-0.05, 0) is 24.8 Å². The van der Waals surface area contributed by atoms with Gasteiger partial charge in [-0.25, -0.2) is 0 Å². The molecule has 0 bridgehead atoms. The highest BCUT2D eigenvalue weighted by molar-refractivity contribution is 5.74. The molecule has 6 nitrogen and oxygen atoms in total. The number of primary amides is 1. The Kier molecular flexibility index (Phi) is 3.55. The molecule has 0 aliphatic heterocycles. The number of fused-ring (bicyclic) bond motifs is 1. The molecule has 1 aliphatic carbocycles. The fourth-order valence-electron chi connectivity index (χ4n) is 2.04. The zero-order valence-electron chi connectivity index (χ0n) is 9.36. The number of aryl methyl sites for hydroxylation is 1. The molecule has 0 radical (unpaired) electrons. The van der Waals surface area contributed by atoms with Crippen molar-refractivity contribution in [2.24, 2.45) is 5.73 Å². The molecular formula is C11H15N3O3. The number of nitrogens with one attached hydrogen (secondary N) is 2. The maximum absolute atomic E-state index is 11.2. The van der Waals surface area contributed by atoms with Crippen LogP contribution in [0.15, 0.2) is 16.9 Å². The van der Waals surface area contributed by atoms with Gasteiger partial charge in [-0.2, -0.15) is 5.48 Å². The second-order valence-electron chi connectivity index (χ2n) is 4.07. The predicted molar refractivity (Wildman–Crippen MR) is 61.0 cm³/mol. The van der Waals surface area contributed by atoms with E-state index in [-0.39, 0.29) is 18.2 Å². The SMILES string of the molecule is NC(=O)CONC1CCCc2[nH]c(=O)ccc21. The first-order valence-electron chi connectivity index (χ1n) is 5.54. The smallest absolute Gasteiger partial charge is 0.248 e. The summed E-state index contributed by atoms with van der Waals surface area (Å²) >= 11 is 0. The molecule has 92 valence electrons. The van der Waals surface area contributed by atoms with Crippen LogP contribution in [0.4, 0.5) is 0 Å². The van der Waals surface area contributed by atoms with Gasteiger partial charge in [0.1, 0.15) is 6.61 Å².